The predicted molar refractivity (Wildman–Crippen MR) is 70.6 cm³/mol. The summed E-state index contributed by atoms with van der Waals surface area (Å²) in [5, 5.41) is 9.40. The Morgan fingerprint density at radius 3 is 2.40 bits per heavy atom. The van der Waals surface area contributed by atoms with Gasteiger partial charge in [-0.15, -0.1) is 0 Å². The van der Waals surface area contributed by atoms with Gasteiger partial charge in [-0.3, -0.25) is 14.5 Å². The van der Waals surface area contributed by atoms with Crippen LogP contribution in [0.25, 0.3) is 0 Å². The van der Waals surface area contributed by atoms with E-state index in [0.717, 1.165) is 0 Å². The number of carboxylic acid groups (broad SMARTS) is 1. The van der Waals surface area contributed by atoms with Crippen molar-refractivity contribution in [3.63, 3.8) is 0 Å². The summed E-state index contributed by atoms with van der Waals surface area (Å²) < 4.78 is 13.3. The maximum Gasteiger partial charge on any atom is 0.325 e. The van der Waals surface area contributed by atoms with Crippen LogP contribution in [0, 0.1) is 5.82 Å². The van der Waals surface area contributed by atoms with Crippen LogP contribution in [0.2, 0.25) is 0 Å². The zero-order valence-electron chi connectivity index (χ0n) is 11.3. The van der Waals surface area contributed by atoms with Gasteiger partial charge < -0.3 is 10.0 Å². The lowest BCUT2D eigenvalue weighted by Crippen LogP contribution is -2.50. The summed E-state index contributed by atoms with van der Waals surface area (Å²) in [7, 11) is 0. The molecule has 1 amide bonds. The van der Waals surface area contributed by atoms with E-state index in [1.54, 1.807) is 15.9 Å². The van der Waals surface area contributed by atoms with Crippen molar-refractivity contribution in [2.24, 2.45) is 0 Å². The molecule has 1 aromatic rings. The van der Waals surface area contributed by atoms with E-state index < -0.39 is 17.8 Å². The lowest BCUT2D eigenvalue weighted by atomic mass is 10.0. The summed E-state index contributed by atoms with van der Waals surface area (Å²) in [5.74, 6) is -1.47. The fraction of sp³-hybridized carbons (Fsp3) is 0.429. The van der Waals surface area contributed by atoms with Gasteiger partial charge in [-0.05, 0) is 17.7 Å². The average Bonchev–Trinajstić information content (AvgIpc) is 2.39. The Labute approximate surface area is 116 Å². The van der Waals surface area contributed by atoms with Crippen LogP contribution in [0.4, 0.5) is 4.39 Å². The van der Waals surface area contributed by atoms with E-state index in [1.165, 1.54) is 25.1 Å². The molecule has 5 nitrogen and oxygen atoms in total. The summed E-state index contributed by atoms with van der Waals surface area (Å²) in [6.45, 7) is 3.42. The molecule has 0 spiro atoms. The summed E-state index contributed by atoms with van der Waals surface area (Å²) in [6, 6.07) is 4.78. The molecule has 20 heavy (non-hydrogen) atoms. The maximum absolute atomic E-state index is 13.3. The van der Waals surface area contributed by atoms with Gasteiger partial charge in [-0.1, -0.05) is 12.1 Å². The fourth-order valence-electron chi connectivity index (χ4n) is 2.48. The SMILES string of the molecule is CC(=O)N1CCN(C(C(=O)O)c2cccc(F)c2)CC1. The molecule has 1 aliphatic rings. The number of carboxylic acids is 1. The molecule has 1 N–H and O–H groups in total. The second-order valence-electron chi connectivity index (χ2n) is 4.84. The molecule has 1 fully saturated rings. The van der Waals surface area contributed by atoms with Crippen LogP contribution in [0.1, 0.15) is 18.5 Å². The number of rotatable bonds is 3. The van der Waals surface area contributed by atoms with Gasteiger partial charge in [0.2, 0.25) is 5.91 Å². The monoisotopic (exact) mass is 280 g/mol. The zero-order chi connectivity index (χ0) is 14.7. The molecular weight excluding hydrogens is 263 g/mol. The summed E-state index contributed by atoms with van der Waals surface area (Å²) in [5.41, 5.74) is 0.425. The number of nitrogens with zero attached hydrogens (tertiary/aromatic N) is 2. The first-order chi connectivity index (χ1) is 9.49. The molecule has 0 radical (unpaired) electrons. The van der Waals surface area contributed by atoms with Crippen molar-refractivity contribution in [3.8, 4) is 0 Å². The van der Waals surface area contributed by atoms with Crippen molar-refractivity contribution < 1.29 is 19.1 Å². The third-order valence-corrected chi connectivity index (χ3v) is 3.52. The van der Waals surface area contributed by atoms with E-state index in [-0.39, 0.29) is 5.91 Å². The minimum atomic E-state index is -1.01. The minimum Gasteiger partial charge on any atom is -0.480 e. The first-order valence-corrected chi connectivity index (χ1v) is 6.47. The van der Waals surface area contributed by atoms with E-state index in [2.05, 4.69) is 0 Å². The highest BCUT2D eigenvalue weighted by Gasteiger charge is 2.30. The molecule has 6 heteroatoms. The second-order valence-corrected chi connectivity index (χ2v) is 4.84. The van der Waals surface area contributed by atoms with E-state index in [9.17, 15) is 19.1 Å². The molecule has 1 aromatic carbocycles. The number of benzene rings is 1. The summed E-state index contributed by atoms with van der Waals surface area (Å²) in [4.78, 5) is 26.2. The molecule has 0 aromatic heterocycles. The minimum absolute atomic E-state index is 0.0118. The van der Waals surface area contributed by atoms with Gasteiger partial charge in [0, 0.05) is 33.1 Å². The third kappa shape index (κ3) is 3.14. The average molecular weight is 280 g/mol. The number of aliphatic carboxylic acids is 1. The third-order valence-electron chi connectivity index (χ3n) is 3.52. The van der Waals surface area contributed by atoms with Crippen LogP contribution in [-0.2, 0) is 9.59 Å². The van der Waals surface area contributed by atoms with Crippen LogP contribution >= 0.6 is 0 Å². The Hall–Kier alpha value is -1.95. The van der Waals surface area contributed by atoms with Crippen LogP contribution in [0.5, 0.6) is 0 Å². The quantitative estimate of drug-likeness (QED) is 0.901. The maximum atomic E-state index is 13.3. The highest BCUT2D eigenvalue weighted by molar-refractivity contribution is 5.76. The standard InChI is InChI=1S/C14H17FN2O3/c1-10(18)16-5-7-17(8-6-16)13(14(19)20)11-3-2-4-12(15)9-11/h2-4,9,13H,5-8H2,1H3,(H,19,20). The fourth-order valence-corrected chi connectivity index (χ4v) is 2.48. The Balaban J connectivity index is 2.15. The van der Waals surface area contributed by atoms with Crippen molar-refractivity contribution in [1.82, 2.24) is 9.80 Å². The number of halogens is 1. The van der Waals surface area contributed by atoms with Gasteiger partial charge in [0.1, 0.15) is 11.9 Å². The highest BCUT2D eigenvalue weighted by Crippen LogP contribution is 2.23. The number of carbonyl (C=O) groups is 2. The van der Waals surface area contributed by atoms with Crippen molar-refractivity contribution >= 4 is 11.9 Å². The van der Waals surface area contributed by atoms with E-state index in [4.69, 9.17) is 0 Å². The number of carbonyl (C=O) groups excluding carboxylic acids is 1. The van der Waals surface area contributed by atoms with Gasteiger partial charge in [-0.2, -0.15) is 0 Å². The zero-order valence-corrected chi connectivity index (χ0v) is 11.3. The van der Waals surface area contributed by atoms with Gasteiger partial charge in [0.15, 0.2) is 0 Å². The molecule has 1 aliphatic heterocycles. The van der Waals surface area contributed by atoms with E-state index in [1.807, 2.05) is 0 Å². The number of piperazine rings is 1. The Kier molecular flexibility index (Phi) is 4.34. The number of amides is 1. The first kappa shape index (κ1) is 14.5. The molecule has 0 saturated carbocycles. The Morgan fingerprint density at radius 2 is 1.90 bits per heavy atom. The Morgan fingerprint density at radius 1 is 1.25 bits per heavy atom. The molecule has 0 bridgehead atoms. The molecule has 1 unspecified atom stereocenters. The van der Waals surface area contributed by atoms with E-state index in [0.29, 0.717) is 31.7 Å². The van der Waals surface area contributed by atoms with E-state index >= 15 is 0 Å². The van der Waals surface area contributed by atoms with Crippen LogP contribution in [0.3, 0.4) is 0 Å². The van der Waals surface area contributed by atoms with Gasteiger partial charge in [0.25, 0.3) is 0 Å². The van der Waals surface area contributed by atoms with Gasteiger partial charge >= 0.3 is 5.97 Å². The predicted octanol–water partition coefficient (Wildman–Crippen LogP) is 1.12. The van der Waals surface area contributed by atoms with Crippen molar-refractivity contribution in [2.75, 3.05) is 26.2 Å². The number of hydrogen-bond acceptors (Lipinski definition) is 3. The smallest absolute Gasteiger partial charge is 0.325 e. The highest BCUT2D eigenvalue weighted by atomic mass is 19.1. The lowest BCUT2D eigenvalue weighted by Gasteiger charge is -2.37. The molecule has 1 heterocycles. The van der Waals surface area contributed by atoms with Crippen molar-refractivity contribution in [2.45, 2.75) is 13.0 Å². The molecule has 2 rings (SSSR count). The second kappa shape index (κ2) is 6.00. The Bertz CT molecular complexity index is 513. The summed E-state index contributed by atoms with van der Waals surface area (Å²) in [6.07, 6.45) is 0. The van der Waals surface area contributed by atoms with Crippen LogP contribution in [0.15, 0.2) is 24.3 Å². The van der Waals surface area contributed by atoms with Crippen molar-refractivity contribution in [3.05, 3.63) is 35.6 Å². The molecule has 108 valence electrons. The van der Waals surface area contributed by atoms with Crippen LogP contribution in [-0.4, -0.2) is 53.0 Å². The van der Waals surface area contributed by atoms with Crippen LogP contribution < -0.4 is 0 Å². The summed E-state index contributed by atoms with van der Waals surface area (Å²) >= 11 is 0. The van der Waals surface area contributed by atoms with Crippen molar-refractivity contribution in [1.29, 1.82) is 0 Å². The largest absolute Gasteiger partial charge is 0.480 e. The topological polar surface area (TPSA) is 60.9 Å². The van der Waals surface area contributed by atoms with Gasteiger partial charge in [-0.25, -0.2) is 4.39 Å². The molecule has 1 atom stereocenters. The molecule has 0 aliphatic carbocycles. The molecule has 1 saturated heterocycles. The van der Waals surface area contributed by atoms with Gasteiger partial charge in [0.05, 0.1) is 0 Å². The lowest BCUT2D eigenvalue weighted by molar-refractivity contribution is -0.145. The molecular formula is C14H17FN2O3. The first-order valence-electron chi connectivity index (χ1n) is 6.47. The normalized spacial score (nSPS) is 17.8. The number of hydrogen-bond donors (Lipinski definition) is 1.